The first-order valence-corrected chi connectivity index (χ1v) is 10.8. The topological polar surface area (TPSA) is 47.8 Å². The molecule has 4 rings (SSSR count). The SMILES string of the molecule is Cc1ccc(C(=O)[C@H](Sc2nnc3n2CCCCC3)c2ccc(C)cc2)cc1. The van der Waals surface area contributed by atoms with E-state index in [1.54, 1.807) is 0 Å². The van der Waals surface area contributed by atoms with Crippen LogP contribution in [0.3, 0.4) is 0 Å². The van der Waals surface area contributed by atoms with E-state index in [1.807, 2.05) is 31.2 Å². The number of Topliss-reactive ketones (excluding diaryl/α,β-unsaturated/α-hetero) is 1. The van der Waals surface area contributed by atoms with Crippen molar-refractivity contribution in [3.05, 3.63) is 76.6 Å². The van der Waals surface area contributed by atoms with Gasteiger partial charge in [-0.05, 0) is 32.3 Å². The zero-order chi connectivity index (χ0) is 19.5. The van der Waals surface area contributed by atoms with Gasteiger partial charge in [-0.1, -0.05) is 77.8 Å². The van der Waals surface area contributed by atoms with Crippen molar-refractivity contribution in [2.45, 2.75) is 56.5 Å². The molecular formula is C23H25N3OS. The summed E-state index contributed by atoms with van der Waals surface area (Å²) in [5.74, 6) is 1.16. The van der Waals surface area contributed by atoms with Crippen LogP contribution in [-0.2, 0) is 13.0 Å². The Labute approximate surface area is 170 Å². The average Bonchev–Trinajstić information content (AvgIpc) is 2.93. The highest BCUT2D eigenvalue weighted by atomic mass is 32.2. The quantitative estimate of drug-likeness (QED) is 0.435. The highest BCUT2D eigenvalue weighted by Crippen LogP contribution is 2.38. The van der Waals surface area contributed by atoms with Crippen LogP contribution in [0.4, 0.5) is 0 Å². The summed E-state index contributed by atoms with van der Waals surface area (Å²) in [6.07, 6.45) is 4.48. The van der Waals surface area contributed by atoms with Crippen LogP contribution in [0.15, 0.2) is 53.7 Å². The Morgan fingerprint density at radius 1 is 0.929 bits per heavy atom. The second kappa shape index (κ2) is 8.31. The van der Waals surface area contributed by atoms with E-state index in [-0.39, 0.29) is 11.0 Å². The standard InChI is InChI=1S/C23H25N3OS/c1-16-7-11-18(12-8-16)21(27)22(19-13-9-17(2)10-14-19)28-23-25-24-20-6-4-3-5-15-26(20)23/h7-14,22H,3-6,15H2,1-2H3/t22-/m1/s1. The summed E-state index contributed by atoms with van der Waals surface area (Å²) in [5.41, 5.74) is 4.08. The number of carbonyl (C=O) groups excluding carboxylic acids is 1. The summed E-state index contributed by atoms with van der Waals surface area (Å²) in [5, 5.41) is 9.35. The number of aromatic nitrogens is 3. The molecule has 0 radical (unpaired) electrons. The van der Waals surface area contributed by atoms with Crippen LogP contribution >= 0.6 is 11.8 Å². The number of rotatable bonds is 5. The minimum atomic E-state index is -0.333. The van der Waals surface area contributed by atoms with Gasteiger partial charge in [0.25, 0.3) is 0 Å². The molecule has 2 aromatic carbocycles. The molecule has 28 heavy (non-hydrogen) atoms. The lowest BCUT2D eigenvalue weighted by atomic mass is 10.0. The van der Waals surface area contributed by atoms with E-state index in [4.69, 9.17) is 0 Å². The molecule has 0 unspecified atom stereocenters. The first-order chi connectivity index (χ1) is 13.6. The molecule has 1 atom stereocenters. The third-order valence-corrected chi connectivity index (χ3v) is 6.49. The smallest absolute Gasteiger partial charge is 0.192 e. The summed E-state index contributed by atoms with van der Waals surface area (Å²) < 4.78 is 2.21. The molecule has 0 fully saturated rings. The second-order valence-corrected chi connectivity index (χ2v) is 8.57. The Morgan fingerprint density at radius 3 is 2.32 bits per heavy atom. The number of aryl methyl sites for hydroxylation is 3. The predicted molar refractivity (Wildman–Crippen MR) is 113 cm³/mol. The maximum absolute atomic E-state index is 13.4. The summed E-state index contributed by atoms with van der Waals surface area (Å²) in [7, 11) is 0. The summed E-state index contributed by atoms with van der Waals surface area (Å²) in [4.78, 5) is 13.4. The van der Waals surface area contributed by atoms with Crippen LogP contribution in [0.2, 0.25) is 0 Å². The number of thioether (sulfide) groups is 1. The second-order valence-electron chi connectivity index (χ2n) is 7.50. The van der Waals surface area contributed by atoms with Gasteiger partial charge in [0.15, 0.2) is 10.9 Å². The van der Waals surface area contributed by atoms with Gasteiger partial charge in [-0.2, -0.15) is 0 Å². The lowest BCUT2D eigenvalue weighted by molar-refractivity contribution is 0.0989. The molecule has 0 amide bonds. The molecule has 144 valence electrons. The number of nitrogens with zero attached hydrogens (tertiary/aromatic N) is 3. The molecule has 0 aliphatic carbocycles. The third-order valence-electron chi connectivity index (χ3n) is 5.25. The first kappa shape index (κ1) is 18.9. The number of hydrogen-bond acceptors (Lipinski definition) is 4. The van der Waals surface area contributed by atoms with Crippen LogP contribution in [0.5, 0.6) is 0 Å². The Morgan fingerprint density at radius 2 is 1.61 bits per heavy atom. The van der Waals surface area contributed by atoms with Gasteiger partial charge < -0.3 is 4.57 Å². The van der Waals surface area contributed by atoms with Gasteiger partial charge in [0.2, 0.25) is 0 Å². The van der Waals surface area contributed by atoms with Crippen LogP contribution in [-0.4, -0.2) is 20.5 Å². The van der Waals surface area contributed by atoms with Crippen molar-refractivity contribution in [2.75, 3.05) is 0 Å². The molecule has 5 heteroatoms. The third kappa shape index (κ3) is 4.04. The minimum Gasteiger partial charge on any atom is -0.306 e. The fourth-order valence-corrected chi connectivity index (χ4v) is 4.69. The Kier molecular flexibility index (Phi) is 5.62. The molecule has 0 spiro atoms. The molecule has 1 aliphatic rings. The van der Waals surface area contributed by atoms with Crippen molar-refractivity contribution in [3.8, 4) is 0 Å². The van der Waals surface area contributed by atoms with Crippen LogP contribution in [0.25, 0.3) is 0 Å². The monoisotopic (exact) mass is 391 g/mol. The first-order valence-electron chi connectivity index (χ1n) is 9.88. The van der Waals surface area contributed by atoms with Gasteiger partial charge >= 0.3 is 0 Å². The molecule has 1 aromatic heterocycles. The van der Waals surface area contributed by atoms with E-state index in [9.17, 15) is 4.79 Å². The number of ketones is 1. The van der Waals surface area contributed by atoms with Gasteiger partial charge in [0.05, 0.1) is 0 Å². The number of carbonyl (C=O) groups is 1. The van der Waals surface area contributed by atoms with Gasteiger partial charge in [-0.3, -0.25) is 4.79 Å². The lowest BCUT2D eigenvalue weighted by Crippen LogP contribution is -2.12. The van der Waals surface area contributed by atoms with Crippen molar-refractivity contribution in [1.29, 1.82) is 0 Å². The van der Waals surface area contributed by atoms with E-state index in [0.29, 0.717) is 0 Å². The normalized spacial score (nSPS) is 14.9. The fourth-order valence-electron chi connectivity index (χ4n) is 3.53. The molecule has 4 nitrogen and oxygen atoms in total. The van der Waals surface area contributed by atoms with Gasteiger partial charge in [0, 0.05) is 18.5 Å². The maximum Gasteiger partial charge on any atom is 0.192 e. The van der Waals surface area contributed by atoms with Gasteiger partial charge in [-0.15, -0.1) is 10.2 Å². The van der Waals surface area contributed by atoms with E-state index in [1.165, 1.54) is 23.7 Å². The molecule has 3 aromatic rings. The molecule has 0 bridgehead atoms. The predicted octanol–water partition coefficient (Wildman–Crippen LogP) is 5.34. The average molecular weight is 392 g/mol. The number of fused-ring (bicyclic) bond motifs is 1. The largest absolute Gasteiger partial charge is 0.306 e. The lowest BCUT2D eigenvalue weighted by Gasteiger charge is -2.17. The Hall–Kier alpha value is -2.40. The minimum absolute atomic E-state index is 0.111. The van der Waals surface area contributed by atoms with Crippen molar-refractivity contribution >= 4 is 17.5 Å². The Bertz CT molecular complexity index is 961. The highest BCUT2D eigenvalue weighted by Gasteiger charge is 2.27. The molecule has 0 saturated heterocycles. The van der Waals surface area contributed by atoms with Crippen LogP contribution in [0.1, 0.15) is 57.4 Å². The van der Waals surface area contributed by atoms with Crippen molar-refractivity contribution in [2.24, 2.45) is 0 Å². The van der Waals surface area contributed by atoms with E-state index in [0.717, 1.165) is 53.5 Å². The maximum atomic E-state index is 13.4. The summed E-state index contributed by atoms with van der Waals surface area (Å²) in [6.45, 7) is 5.03. The van der Waals surface area contributed by atoms with Crippen molar-refractivity contribution in [1.82, 2.24) is 14.8 Å². The molecule has 2 heterocycles. The molecule has 0 saturated carbocycles. The molecule has 0 N–H and O–H groups in total. The Balaban J connectivity index is 1.69. The van der Waals surface area contributed by atoms with Crippen molar-refractivity contribution < 1.29 is 4.79 Å². The van der Waals surface area contributed by atoms with Crippen LogP contribution < -0.4 is 0 Å². The highest BCUT2D eigenvalue weighted by molar-refractivity contribution is 8.00. The van der Waals surface area contributed by atoms with E-state index >= 15 is 0 Å². The zero-order valence-electron chi connectivity index (χ0n) is 16.4. The number of hydrogen-bond donors (Lipinski definition) is 0. The van der Waals surface area contributed by atoms with E-state index < -0.39 is 0 Å². The van der Waals surface area contributed by atoms with Gasteiger partial charge in [0.1, 0.15) is 11.1 Å². The van der Waals surface area contributed by atoms with Crippen molar-refractivity contribution in [3.63, 3.8) is 0 Å². The molecule has 1 aliphatic heterocycles. The van der Waals surface area contributed by atoms with Crippen LogP contribution in [0, 0.1) is 13.8 Å². The van der Waals surface area contributed by atoms with Gasteiger partial charge in [-0.25, -0.2) is 0 Å². The summed E-state index contributed by atoms with van der Waals surface area (Å²) >= 11 is 1.53. The van der Waals surface area contributed by atoms with E-state index in [2.05, 4.69) is 46.0 Å². The summed E-state index contributed by atoms with van der Waals surface area (Å²) in [6, 6.07) is 16.1. The fraction of sp³-hybridized carbons (Fsp3) is 0.348. The molecular weight excluding hydrogens is 366 g/mol. The number of benzene rings is 2. The zero-order valence-corrected chi connectivity index (χ0v) is 17.2.